The summed E-state index contributed by atoms with van der Waals surface area (Å²) in [7, 11) is -3.70. The smallest absolute Gasteiger partial charge is 0.331 e. The van der Waals surface area contributed by atoms with Crippen molar-refractivity contribution in [2.45, 2.75) is 12.3 Å². The summed E-state index contributed by atoms with van der Waals surface area (Å²) in [6.07, 6.45) is -3.41. The number of rotatable bonds is 1. The molecule has 1 saturated heterocycles. The Morgan fingerprint density at radius 2 is 2.14 bits per heavy atom. The quantitative estimate of drug-likeness (QED) is 0.821. The zero-order chi connectivity index (χ0) is 15.4. The van der Waals surface area contributed by atoms with Crippen LogP contribution in [0.5, 0.6) is 0 Å². The number of hydrogen-bond donors (Lipinski definition) is 1. The van der Waals surface area contributed by atoms with Gasteiger partial charge in [-0.1, -0.05) is 0 Å². The number of anilines is 2. The van der Waals surface area contributed by atoms with Crippen LogP contribution < -0.4 is 14.5 Å². The first kappa shape index (κ1) is 14.4. The van der Waals surface area contributed by atoms with Gasteiger partial charge < -0.3 is 10.2 Å². The molecule has 2 aliphatic rings. The maximum Gasteiger partial charge on any atom is 0.417 e. The van der Waals surface area contributed by atoms with Crippen molar-refractivity contribution in [3.05, 3.63) is 17.8 Å². The lowest BCUT2D eigenvalue weighted by Crippen LogP contribution is -2.57. The normalized spacial score (nSPS) is 22.2. The van der Waals surface area contributed by atoms with Gasteiger partial charge in [0.1, 0.15) is 6.17 Å². The highest BCUT2D eigenvalue weighted by atomic mass is 32.2. The summed E-state index contributed by atoms with van der Waals surface area (Å²) in [5, 5.41) is 3.04. The summed E-state index contributed by atoms with van der Waals surface area (Å²) in [5.41, 5.74) is -0.969. The van der Waals surface area contributed by atoms with Crippen molar-refractivity contribution in [3.63, 3.8) is 0 Å². The molecule has 2 aliphatic heterocycles. The largest absolute Gasteiger partial charge is 0.417 e. The van der Waals surface area contributed by atoms with Gasteiger partial charge in [-0.25, -0.2) is 17.7 Å². The Hall–Kier alpha value is -1.55. The minimum absolute atomic E-state index is 0.0129. The first-order valence-electron chi connectivity index (χ1n) is 6.23. The molecule has 1 aromatic heterocycles. The molecule has 1 aromatic rings. The molecular weight excluding hydrogens is 309 g/mol. The maximum absolute atomic E-state index is 12.8. The van der Waals surface area contributed by atoms with E-state index in [4.69, 9.17) is 0 Å². The van der Waals surface area contributed by atoms with Crippen molar-refractivity contribution < 1.29 is 21.6 Å². The van der Waals surface area contributed by atoms with Crippen LogP contribution in [0.3, 0.4) is 0 Å². The lowest BCUT2D eigenvalue weighted by molar-refractivity contribution is -0.137. The molecule has 0 bridgehead atoms. The average Bonchev–Trinajstić information content (AvgIpc) is 2.70. The van der Waals surface area contributed by atoms with Crippen LogP contribution in [0.2, 0.25) is 0 Å². The number of alkyl halides is 3. The minimum atomic E-state index is -4.56. The molecule has 10 heteroatoms. The second kappa shape index (κ2) is 4.47. The third kappa shape index (κ3) is 2.31. The summed E-state index contributed by atoms with van der Waals surface area (Å²) in [4.78, 5) is 5.56. The first-order valence-corrected chi connectivity index (χ1v) is 8.08. The van der Waals surface area contributed by atoms with Crippen LogP contribution in [0.25, 0.3) is 0 Å². The standard InChI is InChI=1S/C11H13F3N4O2S/c1-21(19,20)18-8-4-7(11(12,13)14)5-16-10(8)17-3-2-15-6-9(17)18/h4-5,9,15H,2-3,6H2,1H3. The molecule has 1 N–H and O–H groups in total. The van der Waals surface area contributed by atoms with E-state index >= 15 is 0 Å². The van der Waals surface area contributed by atoms with Crippen LogP contribution in [-0.4, -0.2) is 45.5 Å². The lowest BCUT2D eigenvalue weighted by Gasteiger charge is -2.35. The van der Waals surface area contributed by atoms with E-state index in [1.165, 1.54) is 0 Å². The third-order valence-electron chi connectivity index (χ3n) is 3.53. The number of piperazine rings is 1. The summed E-state index contributed by atoms with van der Waals surface area (Å²) in [5.74, 6) is 0.278. The Morgan fingerprint density at radius 3 is 2.76 bits per heavy atom. The Morgan fingerprint density at radius 1 is 1.43 bits per heavy atom. The molecule has 1 atom stereocenters. The summed E-state index contributed by atoms with van der Waals surface area (Å²) in [6, 6.07) is 0.849. The average molecular weight is 322 g/mol. The fraction of sp³-hybridized carbons (Fsp3) is 0.545. The number of pyridine rings is 1. The molecule has 0 amide bonds. The van der Waals surface area contributed by atoms with Gasteiger partial charge in [0.15, 0.2) is 5.82 Å². The number of aromatic nitrogens is 1. The molecule has 0 saturated carbocycles. The van der Waals surface area contributed by atoms with E-state index in [-0.39, 0.29) is 11.5 Å². The molecule has 1 unspecified atom stereocenters. The molecule has 3 rings (SSSR count). The molecular formula is C11H13F3N4O2S. The van der Waals surface area contributed by atoms with Gasteiger partial charge in [-0.05, 0) is 6.07 Å². The van der Waals surface area contributed by atoms with Gasteiger partial charge in [0.2, 0.25) is 10.0 Å². The van der Waals surface area contributed by atoms with Crippen LogP contribution in [0.15, 0.2) is 12.3 Å². The molecule has 116 valence electrons. The highest BCUT2D eigenvalue weighted by Crippen LogP contribution is 2.42. The second-order valence-electron chi connectivity index (χ2n) is 5.00. The van der Waals surface area contributed by atoms with Crippen molar-refractivity contribution in [1.82, 2.24) is 10.3 Å². The van der Waals surface area contributed by atoms with Crippen LogP contribution in [-0.2, 0) is 16.2 Å². The van der Waals surface area contributed by atoms with E-state index in [0.717, 1.165) is 22.8 Å². The highest BCUT2D eigenvalue weighted by molar-refractivity contribution is 7.92. The van der Waals surface area contributed by atoms with Crippen molar-refractivity contribution >= 4 is 21.5 Å². The zero-order valence-electron chi connectivity index (χ0n) is 11.1. The van der Waals surface area contributed by atoms with Crippen LogP contribution in [0, 0.1) is 0 Å². The molecule has 21 heavy (non-hydrogen) atoms. The number of halogens is 3. The fourth-order valence-electron chi connectivity index (χ4n) is 2.69. The van der Waals surface area contributed by atoms with E-state index in [9.17, 15) is 21.6 Å². The number of nitrogens with one attached hydrogen (secondary N) is 1. The Labute approximate surface area is 119 Å². The number of sulfonamides is 1. The van der Waals surface area contributed by atoms with Gasteiger partial charge in [0.25, 0.3) is 0 Å². The summed E-state index contributed by atoms with van der Waals surface area (Å²) < 4.78 is 63.4. The topological polar surface area (TPSA) is 65.5 Å². The monoisotopic (exact) mass is 322 g/mol. The van der Waals surface area contributed by atoms with E-state index in [1.54, 1.807) is 4.90 Å². The van der Waals surface area contributed by atoms with Crippen LogP contribution in [0.4, 0.5) is 24.7 Å². The molecule has 0 spiro atoms. The Bertz CT molecular complexity index is 677. The summed E-state index contributed by atoms with van der Waals surface area (Å²) >= 11 is 0. The minimum Gasteiger partial charge on any atom is -0.331 e. The zero-order valence-corrected chi connectivity index (χ0v) is 11.9. The van der Waals surface area contributed by atoms with E-state index in [1.807, 2.05) is 0 Å². The van der Waals surface area contributed by atoms with Gasteiger partial charge in [-0.2, -0.15) is 13.2 Å². The Kier molecular flexibility index (Phi) is 3.06. The van der Waals surface area contributed by atoms with Gasteiger partial charge >= 0.3 is 6.18 Å². The second-order valence-corrected chi connectivity index (χ2v) is 6.86. The SMILES string of the molecule is CS(=O)(=O)N1c2cc(C(F)(F)F)cnc2N2CCNCC21. The molecule has 0 aromatic carbocycles. The summed E-state index contributed by atoms with van der Waals surface area (Å²) in [6.45, 7) is 1.45. The van der Waals surface area contributed by atoms with Crippen LogP contribution >= 0.6 is 0 Å². The lowest BCUT2D eigenvalue weighted by atomic mass is 10.2. The van der Waals surface area contributed by atoms with Crippen molar-refractivity contribution in [2.24, 2.45) is 0 Å². The molecule has 1 fully saturated rings. The van der Waals surface area contributed by atoms with Crippen LogP contribution in [0.1, 0.15) is 5.56 Å². The number of fused-ring (bicyclic) bond motifs is 3. The predicted molar refractivity (Wildman–Crippen MR) is 70.6 cm³/mol. The van der Waals surface area contributed by atoms with Gasteiger partial charge in [0, 0.05) is 25.8 Å². The molecule has 3 heterocycles. The van der Waals surface area contributed by atoms with Gasteiger partial charge in [-0.3, -0.25) is 0 Å². The van der Waals surface area contributed by atoms with E-state index in [2.05, 4.69) is 10.3 Å². The number of nitrogens with zero attached hydrogens (tertiary/aromatic N) is 3. The van der Waals surface area contributed by atoms with E-state index < -0.39 is 27.9 Å². The van der Waals surface area contributed by atoms with Crippen molar-refractivity contribution in [1.29, 1.82) is 0 Å². The Balaban J connectivity index is 2.16. The third-order valence-corrected chi connectivity index (χ3v) is 4.68. The highest BCUT2D eigenvalue weighted by Gasteiger charge is 2.44. The van der Waals surface area contributed by atoms with E-state index in [0.29, 0.717) is 19.6 Å². The number of hydrogen-bond acceptors (Lipinski definition) is 5. The molecule has 0 aliphatic carbocycles. The molecule has 6 nitrogen and oxygen atoms in total. The predicted octanol–water partition coefficient (Wildman–Crippen LogP) is 0.616. The molecule has 0 radical (unpaired) electrons. The fourth-order valence-corrected chi connectivity index (χ4v) is 3.81. The van der Waals surface area contributed by atoms with Gasteiger partial charge in [-0.15, -0.1) is 0 Å². The first-order chi connectivity index (χ1) is 9.69. The van der Waals surface area contributed by atoms with Crippen molar-refractivity contribution in [3.8, 4) is 0 Å². The van der Waals surface area contributed by atoms with Gasteiger partial charge in [0.05, 0.1) is 17.5 Å². The maximum atomic E-state index is 12.8. The van der Waals surface area contributed by atoms with Crippen molar-refractivity contribution in [2.75, 3.05) is 35.1 Å².